The molecular formula is C22H19BrClN5O2. The van der Waals surface area contributed by atoms with Gasteiger partial charge >= 0.3 is 0 Å². The number of hydrogen-bond donors (Lipinski definition) is 2. The highest BCUT2D eigenvalue weighted by atomic mass is 79.9. The Bertz CT molecular complexity index is 1120. The van der Waals surface area contributed by atoms with E-state index in [0.29, 0.717) is 29.8 Å². The Labute approximate surface area is 193 Å². The lowest BCUT2D eigenvalue weighted by molar-refractivity contribution is -0.129. The lowest BCUT2D eigenvalue weighted by atomic mass is 10.1. The van der Waals surface area contributed by atoms with Crippen molar-refractivity contribution in [1.29, 1.82) is 0 Å². The normalized spacial score (nSPS) is 13.3. The van der Waals surface area contributed by atoms with Gasteiger partial charge in [-0.15, -0.1) is 0 Å². The van der Waals surface area contributed by atoms with E-state index in [1.165, 1.54) is 12.3 Å². The topological polar surface area (TPSA) is 79.4 Å². The van der Waals surface area contributed by atoms with E-state index in [1.807, 2.05) is 48.5 Å². The molecule has 2 N–H and O–H groups in total. The molecule has 7 nitrogen and oxygen atoms in total. The Hall–Kier alpha value is -3.10. The van der Waals surface area contributed by atoms with E-state index in [2.05, 4.69) is 43.1 Å². The second-order valence-electron chi connectivity index (χ2n) is 6.90. The average Bonchev–Trinajstić information content (AvgIpc) is 2.73. The molecule has 1 aromatic heterocycles. The summed E-state index contributed by atoms with van der Waals surface area (Å²) < 4.78 is 6.85. The van der Waals surface area contributed by atoms with Crippen LogP contribution in [0.1, 0.15) is 0 Å². The Morgan fingerprint density at radius 1 is 1.23 bits per heavy atom. The number of likely N-dealkylation sites (tertiary alicyclic amines) is 1. The predicted octanol–water partition coefficient (Wildman–Crippen LogP) is 5.24. The summed E-state index contributed by atoms with van der Waals surface area (Å²) in [7, 11) is 0. The molecule has 4 rings (SSSR count). The van der Waals surface area contributed by atoms with Gasteiger partial charge < -0.3 is 20.3 Å². The summed E-state index contributed by atoms with van der Waals surface area (Å²) in [4.78, 5) is 21.9. The fraction of sp³-hybridized carbons (Fsp3) is 0.136. The lowest BCUT2D eigenvalue weighted by Crippen LogP contribution is -2.56. The van der Waals surface area contributed by atoms with Gasteiger partial charge in [-0.3, -0.25) is 4.79 Å². The summed E-state index contributed by atoms with van der Waals surface area (Å²) >= 11 is 9.68. The first kappa shape index (κ1) is 21.1. The molecule has 0 aliphatic carbocycles. The van der Waals surface area contributed by atoms with Gasteiger partial charge in [0.1, 0.15) is 10.8 Å². The number of benzene rings is 2. The standard InChI is InChI=1S/C22H19BrClN5O2/c1-2-20(30)29-12-17(13-29)26-16-7-4-8-18(10-16)31-21-19(24)11-25-22(28-21)27-15-6-3-5-14(23)9-15/h2-11,17,26H,1,12-13H2,(H,25,27,28). The third-order valence-electron chi connectivity index (χ3n) is 4.58. The number of hydrogen-bond acceptors (Lipinski definition) is 6. The summed E-state index contributed by atoms with van der Waals surface area (Å²) in [6.07, 6.45) is 2.82. The molecule has 1 fully saturated rings. The molecule has 9 heteroatoms. The monoisotopic (exact) mass is 499 g/mol. The molecule has 0 radical (unpaired) electrons. The molecule has 1 aliphatic heterocycles. The number of halogens is 2. The Morgan fingerprint density at radius 3 is 2.77 bits per heavy atom. The van der Waals surface area contributed by atoms with Crippen molar-refractivity contribution in [3.63, 3.8) is 0 Å². The number of rotatable bonds is 7. The van der Waals surface area contributed by atoms with Gasteiger partial charge in [-0.05, 0) is 36.4 Å². The van der Waals surface area contributed by atoms with Crippen LogP contribution in [0.3, 0.4) is 0 Å². The van der Waals surface area contributed by atoms with Crippen LogP contribution in [0, 0.1) is 0 Å². The maximum atomic E-state index is 11.6. The molecule has 1 aliphatic rings. The van der Waals surface area contributed by atoms with Crippen molar-refractivity contribution in [2.24, 2.45) is 0 Å². The number of nitrogens with one attached hydrogen (secondary N) is 2. The zero-order valence-electron chi connectivity index (χ0n) is 16.4. The Kier molecular flexibility index (Phi) is 6.39. The van der Waals surface area contributed by atoms with Crippen LogP contribution < -0.4 is 15.4 Å². The quantitative estimate of drug-likeness (QED) is 0.432. The van der Waals surface area contributed by atoms with Crippen molar-refractivity contribution >= 4 is 50.8 Å². The molecule has 2 heterocycles. The molecule has 0 atom stereocenters. The third-order valence-corrected chi connectivity index (χ3v) is 5.33. The van der Waals surface area contributed by atoms with E-state index in [0.717, 1.165) is 15.8 Å². The minimum atomic E-state index is -0.0548. The van der Waals surface area contributed by atoms with E-state index in [9.17, 15) is 4.79 Å². The fourth-order valence-corrected chi connectivity index (χ4v) is 3.58. The highest BCUT2D eigenvalue weighted by molar-refractivity contribution is 9.10. The first-order chi connectivity index (χ1) is 15.0. The molecular weight excluding hydrogens is 482 g/mol. The second-order valence-corrected chi connectivity index (χ2v) is 8.22. The van der Waals surface area contributed by atoms with Crippen LogP contribution in [0.5, 0.6) is 11.6 Å². The van der Waals surface area contributed by atoms with E-state index >= 15 is 0 Å². The van der Waals surface area contributed by atoms with Crippen LogP contribution in [0.25, 0.3) is 0 Å². The van der Waals surface area contributed by atoms with Crippen LogP contribution in [0.2, 0.25) is 5.02 Å². The van der Waals surface area contributed by atoms with Crippen LogP contribution in [-0.2, 0) is 4.79 Å². The molecule has 158 valence electrons. The van der Waals surface area contributed by atoms with Crippen molar-refractivity contribution < 1.29 is 9.53 Å². The molecule has 0 bridgehead atoms. The smallest absolute Gasteiger partial charge is 0.246 e. The summed E-state index contributed by atoms with van der Waals surface area (Å²) in [5, 5.41) is 6.81. The van der Waals surface area contributed by atoms with Crippen LogP contribution in [-0.4, -0.2) is 39.9 Å². The van der Waals surface area contributed by atoms with Gasteiger partial charge in [-0.1, -0.05) is 46.2 Å². The minimum Gasteiger partial charge on any atom is -0.437 e. The molecule has 0 saturated carbocycles. The van der Waals surface area contributed by atoms with Gasteiger partial charge in [0, 0.05) is 35.0 Å². The molecule has 0 spiro atoms. The maximum Gasteiger partial charge on any atom is 0.246 e. The van der Waals surface area contributed by atoms with Crippen molar-refractivity contribution in [3.8, 4) is 11.6 Å². The number of nitrogens with zero attached hydrogens (tertiary/aromatic N) is 3. The largest absolute Gasteiger partial charge is 0.437 e. The molecule has 3 aromatic rings. The van der Waals surface area contributed by atoms with Crippen LogP contribution >= 0.6 is 27.5 Å². The number of carbonyl (C=O) groups excluding carboxylic acids is 1. The van der Waals surface area contributed by atoms with E-state index in [-0.39, 0.29) is 17.8 Å². The molecule has 1 saturated heterocycles. The molecule has 0 unspecified atom stereocenters. The van der Waals surface area contributed by atoms with Gasteiger partial charge in [0.15, 0.2) is 0 Å². The number of aromatic nitrogens is 2. The second kappa shape index (κ2) is 9.36. The number of ether oxygens (including phenoxy) is 1. The Balaban J connectivity index is 1.42. The predicted molar refractivity (Wildman–Crippen MR) is 125 cm³/mol. The molecule has 2 aromatic carbocycles. The van der Waals surface area contributed by atoms with Gasteiger partial charge in [-0.25, -0.2) is 4.98 Å². The number of carbonyl (C=O) groups is 1. The summed E-state index contributed by atoms with van der Waals surface area (Å²) in [5.41, 5.74) is 1.71. The first-order valence-electron chi connectivity index (χ1n) is 9.51. The summed E-state index contributed by atoms with van der Waals surface area (Å²) in [6, 6.07) is 15.3. The SMILES string of the molecule is C=CC(=O)N1CC(Nc2cccc(Oc3nc(Nc4cccc(Br)c4)ncc3Cl)c2)C1. The summed E-state index contributed by atoms with van der Waals surface area (Å²) in [5.74, 6) is 1.14. The van der Waals surface area contributed by atoms with Gasteiger partial charge in [0.05, 0.1) is 12.2 Å². The minimum absolute atomic E-state index is 0.0548. The molecule has 31 heavy (non-hydrogen) atoms. The Morgan fingerprint density at radius 2 is 2.00 bits per heavy atom. The van der Waals surface area contributed by atoms with E-state index < -0.39 is 0 Å². The highest BCUT2D eigenvalue weighted by Gasteiger charge is 2.29. The van der Waals surface area contributed by atoms with Crippen molar-refractivity contribution in [2.45, 2.75) is 6.04 Å². The third kappa shape index (κ3) is 5.34. The van der Waals surface area contributed by atoms with Gasteiger partial charge in [0.2, 0.25) is 17.7 Å². The maximum absolute atomic E-state index is 11.6. The van der Waals surface area contributed by atoms with Crippen molar-refractivity contribution in [3.05, 3.63) is 76.9 Å². The van der Waals surface area contributed by atoms with Crippen molar-refractivity contribution in [1.82, 2.24) is 14.9 Å². The number of amides is 1. The lowest BCUT2D eigenvalue weighted by Gasteiger charge is -2.39. The number of anilines is 3. The van der Waals surface area contributed by atoms with Crippen LogP contribution in [0.4, 0.5) is 17.3 Å². The van der Waals surface area contributed by atoms with E-state index in [4.69, 9.17) is 16.3 Å². The zero-order valence-corrected chi connectivity index (χ0v) is 18.7. The highest BCUT2D eigenvalue weighted by Crippen LogP contribution is 2.30. The van der Waals surface area contributed by atoms with Crippen LogP contribution in [0.15, 0.2) is 71.9 Å². The zero-order chi connectivity index (χ0) is 21.8. The fourth-order valence-electron chi connectivity index (χ4n) is 3.05. The average molecular weight is 501 g/mol. The van der Waals surface area contributed by atoms with E-state index in [1.54, 1.807) is 4.90 Å². The molecule has 1 amide bonds. The van der Waals surface area contributed by atoms with Gasteiger partial charge in [0.25, 0.3) is 0 Å². The van der Waals surface area contributed by atoms with Crippen molar-refractivity contribution in [2.75, 3.05) is 23.7 Å². The summed E-state index contributed by atoms with van der Waals surface area (Å²) in [6.45, 7) is 4.78. The first-order valence-corrected chi connectivity index (χ1v) is 10.7. The van der Waals surface area contributed by atoms with Gasteiger partial charge in [-0.2, -0.15) is 4.98 Å².